The molecule has 2 N–H and O–H groups in total. The van der Waals surface area contributed by atoms with Crippen molar-refractivity contribution in [1.82, 2.24) is 19.9 Å². The number of nitrogens with two attached hydrogens (primary N) is 1. The van der Waals surface area contributed by atoms with Crippen LogP contribution in [0.15, 0.2) is 12.4 Å². The van der Waals surface area contributed by atoms with Gasteiger partial charge in [-0.2, -0.15) is 0 Å². The molecule has 1 aromatic heterocycles. The monoisotopic (exact) mass is 279 g/mol. The van der Waals surface area contributed by atoms with Crippen LogP contribution in [0.2, 0.25) is 0 Å². The normalized spacial score (nSPS) is 19.9. The third-order valence-electron chi connectivity index (χ3n) is 4.39. The van der Waals surface area contributed by atoms with Crippen molar-refractivity contribution in [3.8, 4) is 0 Å². The van der Waals surface area contributed by atoms with Crippen LogP contribution in [-0.4, -0.2) is 44.9 Å². The van der Waals surface area contributed by atoms with E-state index in [2.05, 4.69) is 17.2 Å². The number of carbonyl (C=O) groups is 1. The molecule has 1 aliphatic heterocycles. The Morgan fingerprint density at radius 3 is 2.70 bits per heavy atom. The second kappa shape index (κ2) is 6.83. The molecule has 0 bridgehead atoms. The zero-order chi connectivity index (χ0) is 14.5. The molecule has 0 aromatic carbocycles. The average molecular weight is 279 g/mol. The molecule has 2 heterocycles. The van der Waals surface area contributed by atoms with Gasteiger partial charge in [-0.05, 0) is 24.7 Å². The SMILES string of the molecule is CCC(C)C(N)C(=O)N1CCC(Cn2ccnn2)CC1. The lowest BCUT2D eigenvalue weighted by Gasteiger charge is -2.34. The molecule has 20 heavy (non-hydrogen) atoms. The molecule has 0 radical (unpaired) electrons. The fraction of sp³-hybridized carbons (Fsp3) is 0.786. The van der Waals surface area contributed by atoms with Crippen molar-refractivity contribution >= 4 is 5.91 Å². The minimum Gasteiger partial charge on any atom is -0.341 e. The molecule has 1 aliphatic rings. The van der Waals surface area contributed by atoms with Gasteiger partial charge in [0.05, 0.1) is 12.2 Å². The number of likely N-dealkylation sites (tertiary alicyclic amines) is 1. The number of nitrogens with zero attached hydrogens (tertiary/aromatic N) is 4. The van der Waals surface area contributed by atoms with E-state index in [-0.39, 0.29) is 17.9 Å². The summed E-state index contributed by atoms with van der Waals surface area (Å²) in [5, 5.41) is 7.81. The molecule has 6 heteroatoms. The summed E-state index contributed by atoms with van der Waals surface area (Å²) in [5.41, 5.74) is 6.03. The number of rotatable bonds is 5. The number of hydrogen-bond acceptors (Lipinski definition) is 4. The van der Waals surface area contributed by atoms with Crippen molar-refractivity contribution in [3.05, 3.63) is 12.4 Å². The molecule has 0 saturated carbocycles. The van der Waals surface area contributed by atoms with Gasteiger partial charge in [-0.15, -0.1) is 5.10 Å². The fourth-order valence-electron chi connectivity index (χ4n) is 2.64. The van der Waals surface area contributed by atoms with E-state index in [9.17, 15) is 4.79 Å². The number of hydrogen-bond donors (Lipinski definition) is 1. The first-order valence-corrected chi connectivity index (χ1v) is 7.50. The Kier molecular flexibility index (Phi) is 5.11. The maximum atomic E-state index is 12.3. The van der Waals surface area contributed by atoms with Crippen molar-refractivity contribution in [3.63, 3.8) is 0 Å². The van der Waals surface area contributed by atoms with Crippen LogP contribution >= 0.6 is 0 Å². The molecule has 1 saturated heterocycles. The third-order valence-corrected chi connectivity index (χ3v) is 4.39. The first-order valence-electron chi connectivity index (χ1n) is 7.50. The molecule has 1 amide bonds. The van der Waals surface area contributed by atoms with E-state index in [0.29, 0.717) is 5.92 Å². The van der Waals surface area contributed by atoms with E-state index < -0.39 is 0 Å². The second-order valence-corrected chi connectivity index (χ2v) is 5.81. The lowest BCUT2D eigenvalue weighted by atomic mass is 9.94. The Balaban J connectivity index is 1.80. The van der Waals surface area contributed by atoms with Gasteiger partial charge in [0.1, 0.15) is 0 Å². The topological polar surface area (TPSA) is 77.0 Å². The average Bonchev–Trinajstić information content (AvgIpc) is 2.98. The van der Waals surface area contributed by atoms with Crippen LogP contribution in [0.1, 0.15) is 33.1 Å². The first-order chi connectivity index (χ1) is 9.61. The van der Waals surface area contributed by atoms with Gasteiger partial charge in [0, 0.05) is 25.8 Å². The summed E-state index contributed by atoms with van der Waals surface area (Å²) in [6, 6.07) is -0.355. The summed E-state index contributed by atoms with van der Waals surface area (Å²) in [6.07, 6.45) is 6.55. The number of carbonyl (C=O) groups excluding carboxylic acids is 1. The Labute approximate surface area is 120 Å². The number of amides is 1. The van der Waals surface area contributed by atoms with Crippen molar-refractivity contribution in [1.29, 1.82) is 0 Å². The standard InChI is InChI=1S/C14H25N5O/c1-3-11(2)13(15)14(20)18-7-4-12(5-8-18)10-19-9-6-16-17-19/h6,9,11-13H,3-5,7-8,10,15H2,1-2H3. The maximum absolute atomic E-state index is 12.3. The number of piperidine rings is 1. The highest BCUT2D eigenvalue weighted by Crippen LogP contribution is 2.20. The van der Waals surface area contributed by atoms with Gasteiger partial charge in [0.15, 0.2) is 0 Å². The van der Waals surface area contributed by atoms with Crippen molar-refractivity contribution in [2.24, 2.45) is 17.6 Å². The molecule has 6 nitrogen and oxygen atoms in total. The molecule has 1 aromatic rings. The van der Waals surface area contributed by atoms with Crippen LogP contribution in [0.5, 0.6) is 0 Å². The Hall–Kier alpha value is -1.43. The lowest BCUT2D eigenvalue weighted by molar-refractivity contribution is -0.135. The molecular weight excluding hydrogens is 254 g/mol. The smallest absolute Gasteiger partial charge is 0.239 e. The van der Waals surface area contributed by atoms with E-state index in [4.69, 9.17) is 5.73 Å². The Morgan fingerprint density at radius 1 is 1.45 bits per heavy atom. The zero-order valence-corrected chi connectivity index (χ0v) is 12.4. The van der Waals surface area contributed by atoms with E-state index >= 15 is 0 Å². The minimum atomic E-state index is -0.355. The van der Waals surface area contributed by atoms with Crippen LogP contribution in [0.4, 0.5) is 0 Å². The van der Waals surface area contributed by atoms with E-state index in [0.717, 1.165) is 38.9 Å². The highest BCUT2D eigenvalue weighted by Gasteiger charge is 2.28. The van der Waals surface area contributed by atoms with E-state index in [1.807, 2.05) is 22.7 Å². The van der Waals surface area contributed by atoms with Gasteiger partial charge in [-0.3, -0.25) is 9.48 Å². The van der Waals surface area contributed by atoms with Crippen LogP contribution < -0.4 is 5.73 Å². The van der Waals surface area contributed by atoms with Gasteiger partial charge in [0.2, 0.25) is 5.91 Å². The molecule has 0 aliphatic carbocycles. The van der Waals surface area contributed by atoms with Gasteiger partial charge < -0.3 is 10.6 Å². The Morgan fingerprint density at radius 2 is 2.15 bits per heavy atom. The minimum absolute atomic E-state index is 0.110. The van der Waals surface area contributed by atoms with Gasteiger partial charge in [-0.25, -0.2) is 0 Å². The number of aromatic nitrogens is 3. The summed E-state index contributed by atoms with van der Waals surface area (Å²) < 4.78 is 1.87. The summed E-state index contributed by atoms with van der Waals surface area (Å²) in [6.45, 7) is 6.62. The van der Waals surface area contributed by atoms with Gasteiger partial charge in [0.25, 0.3) is 0 Å². The molecule has 112 valence electrons. The van der Waals surface area contributed by atoms with Gasteiger partial charge in [-0.1, -0.05) is 25.5 Å². The van der Waals surface area contributed by atoms with Crippen molar-refractivity contribution in [2.45, 2.75) is 45.7 Å². The van der Waals surface area contributed by atoms with E-state index in [1.54, 1.807) is 6.20 Å². The summed E-state index contributed by atoms with van der Waals surface area (Å²) >= 11 is 0. The predicted octanol–water partition coefficient (Wildman–Crippen LogP) is 0.890. The van der Waals surface area contributed by atoms with Crippen molar-refractivity contribution in [2.75, 3.05) is 13.1 Å². The van der Waals surface area contributed by atoms with Crippen LogP contribution in [-0.2, 0) is 11.3 Å². The Bertz CT molecular complexity index is 411. The lowest BCUT2D eigenvalue weighted by Crippen LogP contribution is -2.49. The van der Waals surface area contributed by atoms with Gasteiger partial charge >= 0.3 is 0 Å². The molecule has 2 unspecified atom stereocenters. The van der Waals surface area contributed by atoms with Crippen molar-refractivity contribution < 1.29 is 4.79 Å². The zero-order valence-electron chi connectivity index (χ0n) is 12.4. The molecule has 2 atom stereocenters. The quantitative estimate of drug-likeness (QED) is 0.868. The summed E-state index contributed by atoms with van der Waals surface area (Å²) in [7, 11) is 0. The largest absolute Gasteiger partial charge is 0.341 e. The highest BCUT2D eigenvalue weighted by molar-refractivity contribution is 5.82. The van der Waals surface area contributed by atoms with E-state index in [1.165, 1.54) is 0 Å². The second-order valence-electron chi connectivity index (χ2n) is 5.81. The molecule has 0 spiro atoms. The molecular formula is C14H25N5O. The molecule has 1 fully saturated rings. The summed E-state index contributed by atoms with van der Waals surface area (Å²) in [4.78, 5) is 14.2. The first kappa shape index (κ1) is 15.0. The van der Waals surface area contributed by atoms with Crippen LogP contribution in [0, 0.1) is 11.8 Å². The maximum Gasteiger partial charge on any atom is 0.239 e. The van der Waals surface area contributed by atoms with Crippen LogP contribution in [0.25, 0.3) is 0 Å². The third kappa shape index (κ3) is 3.56. The highest BCUT2D eigenvalue weighted by atomic mass is 16.2. The summed E-state index contributed by atoms with van der Waals surface area (Å²) in [5.74, 6) is 0.925. The fourth-order valence-corrected chi connectivity index (χ4v) is 2.64. The molecule has 2 rings (SSSR count). The predicted molar refractivity (Wildman–Crippen MR) is 76.8 cm³/mol. The van der Waals surface area contributed by atoms with Crippen LogP contribution in [0.3, 0.4) is 0 Å².